The highest BCUT2D eigenvalue weighted by molar-refractivity contribution is 5.82. The first-order valence-electron chi connectivity index (χ1n) is 14.3. The molecule has 172 valence electrons. The molecule has 0 N–H and O–H groups in total. The lowest BCUT2D eigenvalue weighted by Crippen LogP contribution is -2.55. The monoisotopic (exact) mass is 443 g/mol. The summed E-state index contributed by atoms with van der Waals surface area (Å²) in [6, 6.07) is 9.08. The van der Waals surface area contributed by atoms with Crippen molar-refractivity contribution in [2.75, 3.05) is 14.0 Å². The SMILES string of the molecule is [2H]C([2H])([2H])N(C)[C@H]1CCC2=CC3=CC[C@]4(C)C(c5ccc6ccncc6c5)CC[C@H]4[C@@]34CCC2(C1)O4. The molecule has 2 unspecified atom stereocenters. The molecule has 33 heavy (non-hydrogen) atoms. The summed E-state index contributed by atoms with van der Waals surface area (Å²) < 4.78 is 31.2. The van der Waals surface area contributed by atoms with E-state index in [4.69, 9.17) is 8.85 Å². The highest BCUT2D eigenvalue weighted by Gasteiger charge is 2.66. The second-order valence-corrected chi connectivity index (χ2v) is 11.7. The summed E-state index contributed by atoms with van der Waals surface area (Å²) in [5, 5.41) is 2.47. The maximum atomic E-state index is 7.95. The van der Waals surface area contributed by atoms with Crippen LogP contribution in [-0.4, -0.2) is 41.2 Å². The van der Waals surface area contributed by atoms with Crippen molar-refractivity contribution < 1.29 is 8.85 Å². The number of rotatable bonds is 2. The molecule has 1 aromatic heterocycles. The van der Waals surface area contributed by atoms with Crippen LogP contribution in [0.3, 0.4) is 0 Å². The Morgan fingerprint density at radius 1 is 1.15 bits per heavy atom. The second-order valence-electron chi connectivity index (χ2n) is 11.7. The van der Waals surface area contributed by atoms with Gasteiger partial charge >= 0.3 is 0 Å². The second kappa shape index (κ2) is 6.79. The minimum atomic E-state index is -2.06. The van der Waals surface area contributed by atoms with E-state index in [1.54, 1.807) is 11.9 Å². The van der Waals surface area contributed by atoms with Gasteiger partial charge in [0.2, 0.25) is 0 Å². The van der Waals surface area contributed by atoms with Crippen LogP contribution in [0.2, 0.25) is 0 Å². The molecule has 3 heterocycles. The van der Waals surface area contributed by atoms with Gasteiger partial charge in [-0.3, -0.25) is 4.98 Å². The van der Waals surface area contributed by atoms with Gasteiger partial charge in [0.1, 0.15) is 0 Å². The number of benzene rings is 1. The molecule has 3 aliphatic carbocycles. The van der Waals surface area contributed by atoms with Crippen molar-refractivity contribution in [3.63, 3.8) is 0 Å². The molecule has 2 saturated carbocycles. The van der Waals surface area contributed by atoms with E-state index in [1.807, 2.05) is 12.4 Å². The Morgan fingerprint density at radius 3 is 3.00 bits per heavy atom. The zero-order valence-corrected chi connectivity index (χ0v) is 19.8. The predicted molar refractivity (Wildman–Crippen MR) is 133 cm³/mol. The molecule has 5 aliphatic rings. The average Bonchev–Trinajstić information content (AvgIpc) is 3.37. The molecular weight excluding hydrogens is 404 g/mol. The van der Waals surface area contributed by atoms with Gasteiger partial charge in [0.05, 0.1) is 11.2 Å². The van der Waals surface area contributed by atoms with Crippen LogP contribution in [0.15, 0.2) is 60.0 Å². The van der Waals surface area contributed by atoms with Crippen LogP contribution in [0, 0.1) is 11.3 Å². The maximum Gasteiger partial charge on any atom is 0.0974 e. The molecule has 6 atom stereocenters. The standard InChI is InChI=1S/C30H36N2O/c1-28-12-10-24-17-23-6-7-25(32(2)3)18-29(23)13-14-30(24,33-29)27(28)9-8-26(28)21-5-4-20-11-15-31-19-22(20)16-21/h4-5,10-11,15-17,19,25-27H,6-9,12-14,18H2,1-3H3/t25-,26?,27+,28+,29?,30+/m0/s1/i2D3. The van der Waals surface area contributed by atoms with E-state index < -0.39 is 6.98 Å². The highest BCUT2D eigenvalue weighted by atomic mass is 16.5. The minimum absolute atomic E-state index is 0.0350. The van der Waals surface area contributed by atoms with Crippen LogP contribution < -0.4 is 0 Å². The van der Waals surface area contributed by atoms with Crippen molar-refractivity contribution in [1.82, 2.24) is 9.88 Å². The highest BCUT2D eigenvalue weighted by Crippen LogP contribution is 2.69. The third-order valence-electron chi connectivity index (χ3n) is 10.3. The number of allylic oxidation sites excluding steroid dienone is 1. The molecule has 2 aromatic rings. The molecule has 2 spiro atoms. The van der Waals surface area contributed by atoms with E-state index in [2.05, 4.69) is 48.3 Å². The van der Waals surface area contributed by atoms with Crippen molar-refractivity contribution in [1.29, 1.82) is 0 Å². The van der Waals surface area contributed by atoms with E-state index in [0.717, 1.165) is 38.5 Å². The van der Waals surface area contributed by atoms with Crippen molar-refractivity contribution in [2.45, 2.75) is 81.5 Å². The van der Waals surface area contributed by atoms with Crippen molar-refractivity contribution in [3.8, 4) is 0 Å². The third kappa shape index (κ3) is 2.67. The smallest absolute Gasteiger partial charge is 0.0974 e. The Kier molecular flexibility index (Phi) is 3.60. The molecule has 0 radical (unpaired) electrons. The Morgan fingerprint density at radius 2 is 2.09 bits per heavy atom. The molecule has 3 nitrogen and oxygen atoms in total. The normalized spacial score (nSPS) is 43.1. The molecule has 1 saturated heterocycles. The van der Waals surface area contributed by atoms with Gasteiger partial charge in [-0.25, -0.2) is 0 Å². The molecule has 1 aromatic carbocycles. The minimum Gasteiger partial charge on any atom is -0.359 e. The summed E-state index contributed by atoms with van der Waals surface area (Å²) in [6.07, 6.45) is 17.0. The Bertz CT molecular complexity index is 1300. The van der Waals surface area contributed by atoms with E-state index in [1.165, 1.54) is 40.3 Å². The van der Waals surface area contributed by atoms with Gasteiger partial charge in [0.15, 0.2) is 0 Å². The van der Waals surface area contributed by atoms with Gasteiger partial charge in [-0.15, -0.1) is 0 Å². The number of fused-ring (bicyclic) bond motifs is 2. The molecule has 2 aliphatic heterocycles. The number of nitrogens with zero attached hydrogens (tertiary/aromatic N) is 2. The lowest BCUT2D eigenvalue weighted by atomic mass is 9.58. The maximum absolute atomic E-state index is 7.95. The number of hydrogen-bond donors (Lipinski definition) is 0. The fourth-order valence-electron chi connectivity index (χ4n) is 8.58. The van der Waals surface area contributed by atoms with Gasteiger partial charge in [-0.05, 0) is 117 Å². The molecule has 3 heteroatoms. The number of aromatic nitrogens is 1. The molecule has 3 fully saturated rings. The average molecular weight is 444 g/mol. The predicted octanol–water partition coefficient (Wildman–Crippen LogP) is 6.41. The summed E-state index contributed by atoms with van der Waals surface area (Å²) >= 11 is 0. The Labute approximate surface area is 202 Å². The van der Waals surface area contributed by atoms with Crippen LogP contribution in [0.1, 0.15) is 73.9 Å². The number of ether oxygens (including phenoxy) is 1. The van der Waals surface area contributed by atoms with E-state index >= 15 is 0 Å². The Balaban J connectivity index is 1.24. The summed E-state index contributed by atoms with van der Waals surface area (Å²) in [5.41, 5.74) is 3.91. The van der Waals surface area contributed by atoms with Gasteiger partial charge in [-0.1, -0.05) is 31.2 Å². The van der Waals surface area contributed by atoms with Crippen LogP contribution >= 0.6 is 0 Å². The fraction of sp³-hybridized carbons (Fsp3) is 0.567. The first-order valence-corrected chi connectivity index (χ1v) is 12.8. The van der Waals surface area contributed by atoms with E-state index in [0.29, 0.717) is 11.8 Å². The zero-order valence-electron chi connectivity index (χ0n) is 22.8. The Hall–Kier alpha value is -1.97. The first-order chi connectivity index (χ1) is 17.1. The first kappa shape index (κ1) is 17.5. The van der Waals surface area contributed by atoms with Crippen molar-refractivity contribution >= 4 is 10.8 Å². The molecular formula is C30H36N2O. The summed E-state index contributed by atoms with van der Waals surface area (Å²) in [7, 11) is 1.76. The lowest BCUT2D eigenvalue weighted by molar-refractivity contribution is -0.139. The van der Waals surface area contributed by atoms with Gasteiger partial charge in [0.25, 0.3) is 0 Å². The topological polar surface area (TPSA) is 25.4 Å². The van der Waals surface area contributed by atoms with Crippen LogP contribution in [0.4, 0.5) is 0 Å². The van der Waals surface area contributed by atoms with Gasteiger partial charge in [0, 0.05) is 27.9 Å². The van der Waals surface area contributed by atoms with Crippen LogP contribution in [-0.2, 0) is 4.74 Å². The summed E-state index contributed by atoms with van der Waals surface area (Å²) in [4.78, 5) is 5.97. The van der Waals surface area contributed by atoms with Crippen molar-refractivity contribution in [2.24, 2.45) is 11.3 Å². The zero-order chi connectivity index (χ0) is 24.9. The third-order valence-corrected chi connectivity index (χ3v) is 10.3. The molecule has 2 bridgehead atoms. The van der Waals surface area contributed by atoms with Crippen LogP contribution in [0.5, 0.6) is 0 Å². The number of pyridine rings is 1. The van der Waals surface area contributed by atoms with Gasteiger partial charge < -0.3 is 9.64 Å². The summed E-state index contributed by atoms with van der Waals surface area (Å²) in [6.45, 7) is 0.445. The number of hydrogen-bond acceptors (Lipinski definition) is 3. The largest absolute Gasteiger partial charge is 0.359 e. The van der Waals surface area contributed by atoms with Gasteiger partial charge in [-0.2, -0.15) is 0 Å². The van der Waals surface area contributed by atoms with Crippen LogP contribution in [0.25, 0.3) is 10.8 Å². The lowest BCUT2D eigenvalue weighted by Gasteiger charge is -2.54. The van der Waals surface area contributed by atoms with E-state index in [9.17, 15) is 0 Å². The summed E-state index contributed by atoms with van der Waals surface area (Å²) in [5.74, 6) is 0.989. The quantitative estimate of drug-likeness (QED) is 0.536. The molecule has 7 rings (SSSR count). The molecule has 0 amide bonds. The van der Waals surface area contributed by atoms with E-state index in [-0.39, 0.29) is 22.7 Å². The van der Waals surface area contributed by atoms with Crippen molar-refractivity contribution in [3.05, 3.63) is 65.5 Å². The fourth-order valence-corrected chi connectivity index (χ4v) is 8.58.